The van der Waals surface area contributed by atoms with Gasteiger partial charge in [-0.1, -0.05) is 29.3 Å². The van der Waals surface area contributed by atoms with Crippen LogP contribution in [0, 0.1) is 20.8 Å². The predicted octanol–water partition coefficient (Wildman–Crippen LogP) is 7.84. The number of hydrogen-bond donors (Lipinski definition) is 2. The van der Waals surface area contributed by atoms with Crippen LogP contribution in [0.3, 0.4) is 0 Å². The van der Waals surface area contributed by atoms with Gasteiger partial charge in [-0.25, -0.2) is 14.7 Å². The van der Waals surface area contributed by atoms with Crippen molar-refractivity contribution in [3.63, 3.8) is 0 Å². The van der Waals surface area contributed by atoms with E-state index >= 15 is 0 Å². The molecule has 0 bridgehead atoms. The Hall–Kier alpha value is -4.35. The summed E-state index contributed by atoms with van der Waals surface area (Å²) in [6.45, 7) is 9.30. The van der Waals surface area contributed by atoms with Gasteiger partial charge < -0.3 is 20.2 Å². The number of nitrogens with one attached hydrogen (secondary N) is 1. The normalized spacial score (nSPS) is 14.7. The molecular weight excluding hydrogens is 605 g/mol. The number of likely N-dealkylation sites (N-methyl/N-ethyl adjacent to an activating group) is 1. The standard InChI is InChI=1S/C33H34ClF3N6O2/c1-20-17-21(2)29(22(3)18-20)30(26-19-23(33(35,36)37)5-10-27(26)34)43(32(44)45)28-11-12-38-31(40-28)39-24-6-8-25(9-7-24)42-15-13-41(4)14-16-42/h5-12,17-19,30H,13-16H2,1-4H3,(H,44,45)(H,38,39,40). The van der Waals surface area contributed by atoms with E-state index in [1.54, 1.807) is 13.8 Å². The van der Waals surface area contributed by atoms with Gasteiger partial charge in [0.15, 0.2) is 0 Å². The first-order valence-electron chi connectivity index (χ1n) is 14.4. The Bertz CT molecular complexity index is 1670. The molecule has 0 spiro atoms. The Morgan fingerprint density at radius 1 is 0.978 bits per heavy atom. The second kappa shape index (κ2) is 12.9. The number of carboxylic acid groups (broad SMARTS) is 1. The highest BCUT2D eigenvalue weighted by atomic mass is 35.5. The number of rotatable bonds is 7. The minimum Gasteiger partial charge on any atom is -0.465 e. The maximum atomic E-state index is 13.9. The Morgan fingerprint density at radius 3 is 2.22 bits per heavy atom. The van der Waals surface area contributed by atoms with Crippen LogP contribution in [0.2, 0.25) is 5.02 Å². The van der Waals surface area contributed by atoms with E-state index in [4.69, 9.17) is 11.6 Å². The number of carbonyl (C=O) groups is 1. The van der Waals surface area contributed by atoms with Crippen LogP contribution in [0.5, 0.6) is 0 Å². The molecule has 1 aliphatic heterocycles. The molecular formula is C33H34ClF3N6O2. The third-order valence-electron chi connectivity index (χ3n) is 7.97. The number of amides is 1. The summed E-state index contributed by atoms with van der Waals surface area (Å²) in [5.74, 6) is 0.0873. The summed E-state index contributed by atoms with van der Waals surface area (Å²) in [6.07, 6.45) is -4.69. The highest BCUT2D eigenvalue weighted by Crippen LogP contribution is 2.42. The van der Waals surface area contributed by atoms with Crippen LogP contribution in [0.4, 0.5) is 41.1 Å². The van der Waals surface area contributed by atoms with Crippen LogP contribution in [0.1, 0.15) is 39.4 Å². The topological polar surface area (TPSA) is 84.8 Å². The molecule has 2 N–H and O–H groups in total. The number of hydrogen-bond acceptors (Lipinski definition) is 6. The molecule has 0 saturated carbocycles. The molecule has 236 valence electrons. The number of alkyl halides is 3. The van der Waals surface area contributed by atoms with E-state index in [0.717, 1.165) is 60.5 Å². The van der Waals surface area contributed by atoms with Crippen molar-refractivity contribution in [2.45, 2.75) is 33.0 Å². The van der Waals surface area contributed by atoms with Crippen molar-refractivity contribution in [1.82, 2.24) is 14.9 Å². The molecule has 5 rings (SSSR count). The first-order chi connectivity index (χ1) is 21.3. The van der Waals surface area contributed by atoms with Crippen LogP contribution in [0.15, 0.2) is 66.9 Å². The summed E-state index contributed by atoms with van der Waals surface area (Å²) in [5, 5.41) is 13.7. The monoisotopic (exact) mass is 638 g/mol. The van der Waals surface area contributed by atoms with Gasteiger partial charge in [0.05, 0.1) is 11.6 Å². The quantitative estimate of drug-likeness (QED) is 0.213. The zero-order valence-electron chi connectivity index (χ0n) is 25.4. The molecule has 4 aromatic rings. The highest BCUT2D eigenvalue weighted by Gasteiger charge is 2.36. The van der Waals surface area contributed by atoms with E-state index < -0.39 is 23.9 Å². The third kappa shape index (κ3) is 7.15. The Labute approximate surface area is 265 Å². The lowest BCUT2D eigenvalue weighted by molar-refractivity contribution is -0.137. The van der Waals surface area contributed by atoms with E-state index in [1.165, 1.54) is 12.3 Å². The fourth-order valence-electron chi connectivity index (χ4n) is 5.81. The van der Waals surface area contributed by atoms with Gasteiger partial charge in [-0.2, -0.15) is 18.2 Å². The number of nitrogens with zero attached hydrogens (tertiary/aromatic N) is 5. The molecule has 2 heterocycles. The van der Waals surface area contributed by atoms with Crippen LogP contribution in [0.25, 0.3) is 0 Å². The molecule has 45 heavy (non-hydrogen) atoms. The lowest BCUT2D eigenvalue weighted by Crippen LogP contribution is -2.44. The molecule has 1 aliphatic rings. The Balaban J connectivity index is 1.55. The second-order valence-corrected chi connectivity index (χ2v) is 11.7. The fourth-order valence-corrected chi connectivity index (χ4v) is 6.03. The summed E-state index contributed by atoms with van der Waals surface area (Å²) in [6, 6.07) is 14.6. The van der Waals surface area contributed by atoms with Gasteiger partial charge in [0.25, 0.3) is 0 Å². The van der Waals surface area contributed by atoms with E-state index in [-0.39, 0.29) is 22.4 Å². The summed E-state index contributed by atoms with van der Waals surface area (Å²) >= 11 is 6.54. The van der Waals surface area contributed by atoms with E-state index in [2.05, 4.69) is 32.1 Å². The van der Waals surface area contributed by atoms with Crippen molar-refractivity contribution < 1.29 is 23.1 Å². The molecule has 8 nitrogen and oxygen atoms in total. The third-order valence-corrected chi connectivity index (χ3v) is 8.32. The van der Waals surface area contributed by atoms with Gasteiger partial charge in [0, 0.05) is 48.8 Å². The van der Waals surface area contributed by atoms with Crippen molar-refractivity contribution in [1.29, 1.82) is 0 Å². The number of piperazine rings is 1. The molecule has 1 unspecified atom stereocenters. The molecule has 1 aromatic heterocycles. The summed E-state index contributed by atoms with van der Waals surface area (Å²) in [5.41, 5.74) is 3.66. The van der Waals surface area contributed by atoms with Gasteiger partial charge in [0.2, 0.25) is 5.95 Å². The average molecular weight is 639 g/mol. The van der Waals surface area contributed by atoms with E-state index in [9.17, 15) is 23.1 Å². The highest BCUT2D eigenvalue weighted by molar-refractivity contribution is 6.31. The lowest BCUT2D eigenvalue weighted by Gasteiger charge is -2.34. The molecule has 1 amide bonds. The van der Waals surface area contributed by atoms with Crippen LogP contribution in [-0.2, 0) is 6.18 Å². The minimum absolute atomic E-state index is 0.00790. The first-order valence-corrected chi connectivity index (χ1v) is 14.8. The number of benzene rings is 3. The number of anilines is 4. The Morgan fingerprint density at radius 2 is 1.62 bits per heavy atom. The van der Waals surface area contributed by atoms with Crippen molar-refractivity contribution >= 4 is 40.8 Å². The fraction of sp³-hybridized carbons (Fsp3) is 0.303. The van der Waals surface area contributed by atoms with Gasteiger partial charge in [-0.05, 0) is 98.6 Å². The maximum absolute atomic E-state index is 13.9. The van der Waals surface area contributed by atoms with Gasteiger partial charge in [0.1, 0.15) is 5.82 Å². The van der Waals surface area contributed by atoms with Crippen LogP contribution < -0.4 is 15.1 Å². The largest absolute Gasteiger partial charge is 0.465 e. The van der Waals surface area contributed by atoms with Crippen molar-refractivity contribution in [2.24, 2.45) is 0 Å². The summed E-state index contributed by atoms with van der Waals surface area (Å²) in [7, 11) is 2.10. The summed E-state index contributed by atoms with van der Waals surface area (Å²) < 4.78 is 41.6. The Kier molecular flexibility index (Phi) is 9.22. The van der Waals surface area contributed by atoms with Gasteiger partial charge in [-0.15, -0.1) is 0 Å². The molecule has 0 radical (unpaired) electrons. The van der Waals surface area contributed by atoms with Crippen molar-refractivity contribution in [3.05, 3.63) is 105 Å². The predicted molar refractivity (Wildman–Crippen MR) is 171 cm³/mol. The van der Waals surface area contributed by atoms with Crippen molar-refractivity contribution in [2.75, 3.05) is 48.3 Å². The van der Waals surface area contributed by atoms with Gasteiger partial charge in [-0.3, -0.25) is 0 Å². The molecule has 1 atom stereocenters. The lowest BCUT2D eigenvalue weighted by atomic mass is 9.88. The zero-order chi connectivity index (χ0) is 32.5. The summed E-state index contributed by atoms with van der Waals surface area (Å²) in [4.78, 5) is 27.3. The first kappa shape index (κ1) is 32.1. The zero-order valence-corrected chi connectivity index (χ0v) is 26.1. The number of halogens is 4. The van der Waals surface area contributed by atoms with Crippen LogP contribution in [-0.4, -0.2) is 59.3 Å². The molecule has 1 fully saturated rings. The average Bonchev–Trinajstić information content (AvgIpc) is 2.97. The maximum Gasteiger partial charge on any atom is 0.416 e. The molecule has 1 saturated heterocycles. The SMILES string of the molecule is Cc1cc(C)c(C(c2cc(C(F)(F)F)ccc2Cl)N(C(=O)O)c2ccnc(Nc3ccc(N4CCN(C)CC4)cc3)n2)c(C)c1. The smallest absolute Gasteiger partial charge is 0.416 e. The number of aromatic nitrogens is 2. The number of aryl methyl sites for hydroxylation is 3. The van der Waals surface area contributed by atoms with E-state index in [0.29, 0.717) is 22.4 Å². The molecule has 0 aliphatic carbocycles. The van der Waals surface area contributed by atoms with Crippen molar-refractivity contribution in [3.8, 4) is 0 Å². The molecule has 12 heteroatoms. The van der Waals surface area contributed by atoms with Crippen LogP contribution >= 0.6 is 11.6 Å². The second-order valence-electron chi connectivity index (χ2n) is 11.3. The van der Waals surface area contributed by atoms with E-state index in [1.807, 2.05) is 43.3 Å². The molecule has 3 aromatic carbocycles. The van der Waals surface area contributed by atoms with Gasteiger partial charge >= 0.3 is 12.3 Å². The minimum atomic E-state index is -4.67.